The van der Waals surface area contributed by atoms with Crippen LogP contribution in [0, 0.1) is 0 Å². The van der Waals surface area contributed by atoms with E-state index in [1.54, 1.807) is 18.4 Å². The van der Waals surface area contributed by atoms with Gasteiger partial charge in [0.05, 0.1) is 23.7 Å². The fourth-order valence-corrected chi connectivity index (χ4v) is 4.60. The molecule has 0 bridgehead atoms. The van der Waals surface area contributed by atoms with Gasteiger partial charge in [0.1, 0.15) is 12.4 Å². The molecule has 3 aromatic rings. The van der Waals surface area contributed by atoms with Gasteiger partial charge in [-0.2, -0.15) is 9.78 Å². The van der Waals surface area contributed by atoms with Gasteiger partial charge in [-0.15, -0.1) is 0 Å². The summed E-state index contributed by atoms with van der Waals surface area (Å²) in [4.78, 5) is 18.3. The topological polar surface area (TPSA) is 65.7 Å². The highest BCUT2D eigenvalue weighted by atomic mass is 79.9. The molecular weight excluding hydrogens is 482 g/mol. The molecule has 0 radical (unpaired) electrons. The van der Waals surface area contributed by atoms with Crippen LogP contribution in [-0.2, 0) is 0 Å². The predicted molar refractivity (Wildman–Crippen MR) is 136 cm³/mol. The lowest BCUT2D eigenvalue weighted by atomic mass is 9.88. The van der Waals surface area contributed by atoms with E-state index in [1.807, 2.05) is 37.3 Å². The maximum absolute atomic E-state index is 13.4. The summed E-state index contributed by atoms with van der Waals surface area (Å²) in [5.74, 6) is 2.20. The molecule has 1 aliphatic rings. The van der Waals surface area contributed by atoms with Crippen molar-refractivity contribution in [1.29, 1.82) is 0 Å². The second-order valence-corrected chi connectivity index (χ2v) is 8.89. The van der Waals surface area contributed by atoms with Crippen LogP contribution in [0.5, 0.6) is 11.5 Å². The summed E-state index contributed by atoms with van der Waals surface area (Å²) < 4.78 is 13.7. The zero-order valence-corrected chi connectivity index (χ0v) is 20.4. The number of nitrogens with zero attached hydrogens (tertiary/aromatic N) is 3. The van der Waals surface area contributed by atoms with Crippen molar-refractivity contribution in [2.45, 2.75) is 44.9 Å². The predicted octanol–water partition coefficient (Wildman–Crippen LogP) is 6.05. The summed E-state index contributed by atoms with van der Waals surface area (Å²) >= 11 is 3.60. The maximum Gasteiger partial charge on any atom is 0.282 e. The van der Waals surface area contributed by atoms with Crippen molar-refractivity contribution >= 4 is 33.0 Å². The van der Waals surface area contributed by atoms with Crippen LogP contribution >= 0.6 is 15.9 Å². The number of hydrogen-bond donors (Lipinski definition) is 0. The Balaban J connectivity index is 1.78. The van der Waals surface area contributed by atoms with Crippen molar-refractivity contribution in [2.24, 2.45) is 5.10 Å². The van der Waals surface area contributed by atoms with Gasteiger partial charge in [-0.1, -0.05) is 44.1 Å². The number of aromatic nitrogens is 2. The van der Waals surface area contributed by atoms with Gasteiger partial charge in [0.2, 0.25) is 0 Å². The summed E-state index contributed by atoms with van der Waals surface area (Å²) in [6, 6.07) is 11.2. The molecule has 1 aliphatic carbocycles. The first-order chi connectivity index (χ1) is 16.1. The minimum Gasteiger partial charge on any atom is -0.490 e. The normalized spacial score (nSPS) is 14.6. The van der Waals surface area contributed by atoms with Crippen LogP contribution in [-0.4, -0.2) is 29.1 Å². The van der Waals surface area contributed by atoms with Crippen molar-refractivity contribution in [3.8, 4) is 11.5 Å². The molecule has 0 spiro atoms. The highest BCUT2D eigenvalue weighted by molar-refractivity contribution is 9.10. The quantitative estimate of drug-likeness (QED) is 0.273. The number of para-hydroxylation sites is 1. The minimum absolute atomic E-state index is 0.149. The van der Waals surface area contributed by atoms with Crippen LogP contribution < -0.4 is 15.0 Å². The van der Waals surface area contributed by atoms with E-state index in [-0.39, 0.29) is 11.5 Å². The Hall–Kier alpha value is -2.93. The highest BCUT2D eigenvalue weighted by Gasteiger charge is 2.22. The first-order valence-corrected chi connectivity index (χ1v) is 12.2. The van der Waals surface area contributed by atoms with Crippen LogP contribution in [0.4, 0.5) is 0 Å². The molecule has 2 aromatic carbocycles. The third-order valence-electron chi connectivity index (χ3n) is 5.78. The summed E-state index contributed by atoms with van der Waals surface area (Å²) in [7, 11) is 0. The van der Waals surface area contributed by atoms with Crippen molar-refractivity contribution in [2.75, 3.05) is 13.2 Å². The summed E-state index contributed by atoms with van der Waals surface area (Å²) in [5.41, 5.74) is 1.35. The Bertz CT molecular complexity index is 1230. The largest absolute Gasteiger partial charge is 0.490 e. The zero-order valence-electron chi connectivity index (χ0n) is 18.8. The molecule has 0 saturated heterocycles. The lowest BCUT2D eigenvalue weighted by molar-refractivity contribution is 0.296. The van der Waals surface area contributed by atoms with E-state index in [2.05, 4.69) is 27.6 Å². The summed E-state index contributed by atoms with van der Waals surface area (Å²) in [6.45, 7) is 6.49. The van der Waals surface area contributed by atoms with Gasteiger partial charge in [-0.05, 0) is 60.0 Å². The monoisotopic (exact) mass is 509 g/mol. The van der Waals surface area contributed by atoms with Gasteiger partial charge in [-0.3, -0.25) is 4.79 Å². The standard InChI is InChI=1S/C26H28BrN3O3/c1-3-14-33-24-16-21(27)19(15-23(24)32-4-2)17-28-30-25(18-10-6-5-7-11-18)29-22-13-9-8-12-20(22)26(30)31/h3,8-9,12-13,15-18H,1,4-7,10-11,14H2,2H3. The molecule has 1 heterocycles. The van der Waals surface area contributed by atoms with Gasteiger partial charge in [-0.25, -0.2) is 4.98 Å². The first-order valence-electron chi connectivity index (χ1n) is 11.4. The number of hydrogen-bond acceptors (Lipinski definition) is 5. The average molecular weight is 510 g/mol. The Kier molecular flexibility index (Phi) is 7.60. The van der Waals surface area contributed by atoms with Gasteiger partial charge in [0.25, 0.3) is 5.56 Å². The van der Waals surface area contributed by atoms with Crippen molar-refractivity contribution in [1.82, 2.24) is 9.66 Å². The number of rotatable bonds is 8. The van der Waals surface area contributed by atoms with Gasteiger partial charge in [0.15, 0.2) is 11.5 Å². The van der Waals surface area contributed by atoms with Crippen LogP contribution in [0.1, 0.15) is 56.3 Å². The molecule has 1 aromatic heterocycles. The lowest BCUT2D eigenvalue weighted by Gasteiger charge is -2.22. The molecule has 33 heavy (non-hydrogen) atoms. The average Bonchev–Trinajstić information content (AvgIpc) is 2.84. The van der Waals surface area contributed by atoms with Gasteiger partial charge >= 0.3 is 0 Å². The van der Waals surface area contributed by atoms with Crippen molar-refractivity contribution < 1.29 is 9.47 Å². The number of fused-ring (bicyclic) bond motifs is 1. The fraction of sp³-hybridized carbons (Fsp3) is 0.346. The highest BCUT2D eigenvalue weighted by Crippen LogP contribution is 2.34. The van der Waals surface area contributed by atoms with Gasteiger partial charge < -0.3 is 9.47 Å². The molecule has 1 fully saturated rings. The Morgan fingerprint density at radius 3 is 2.70 bits per heavy atom. The second-order valence-electron chi connectivity index (χ2n) is 8.04. The van der Waals surface area contributed by atoms with Gasteiger partial charge in [0, 0.05) is 16.0 Å². The van der Waals surface area contributed by atoms with E-state index in [1.165, 1.54) is 11.1 Å². The third-order valence-corrected chi connectivity index (χ3v) is 6.47. The number of halogens is 1. The molecule has 0 atom stereocenters. The number of benzene rings is 2. The van der Waals surface area contributed by atoms with Crippen LogP contribution in [0.3, 0.4) is 0 Å². The van der Waals surface area contributed by atoms with Crippen molar-refractivity contribution in [3.05, 3.63) is 75.3 Å². The van der Waals surface area contributed by atoms with E-state index >= 15 is 0 Å². The van der Waals surface area contributed by atoms with E-state index < -0.39 is 0 Å². The maximum atomic E-state index is 13.4. The van der Waals surface area contributed by atoms with Crippen LogP contribution in [0.15, 0.2) is 63.4 Å². The molecule has 0 unspecified atom stereocenters. The van der Waals surface area contributed by atoms with Crippen molar-refractivity contribution in [3.63, 3.8) is 0 Å². The van der Waals surface area contributed by atoms with E-state index in [0.29, 0.717) is 30.1 Å². The first kappa shape index (κ1) is 23.2. The molecule has 0 amide bonds. The smallest absolute Gasteiger partial charge is 0.282 e. The minimum atomic E-state index is -0.149. The Morgan fingerprint density at radius 1 is 1.18 bits per heavy atom. The SMILES string of the molecule is C=CCOc1cc(Br)c(C=Nn2c(C3CCCCC3)nc3ccccc3c2=O)cc1OCC. The summed E-state index contributed by atoms with van der Waals surface area (Å²) in [6.07, 6.45) is 8.92. The molecule has 6 nitrogen and oxygen atoms in total. The van der Waals surface area contributed by atoms with E-state index in [0.717, 1.165) is 47.1 Å². The van der Waals surface area contributed by atoms with E-state index in [4.69, 9.17) is 14.5 Å². The van der Waals surface area contributed by atoms with E-state index in [9.17, 15) is 4.79 Å². The second kappa shape index (κ2) is 10.8. The number of ether oxygens (including phenoxy) is 2. The molecule has 0 aliphatic heterocycles. The molecule has 0 N–H and O–H groups in total. The van der Waals surface area contributed by atoms with Crippen LogP contribution in [0.25, 0.3) is 10.9 Å². The Labute approximate surface area is 202 Å². The zero-order chi connectivity index (χ0) is 23.2. The molecular formula is C26H28BrN3O3. The lowest BCUT2D eigenvalue weighted by Crippen LogP contribution is -2.25. The van der Waals surface area contributed by atoms with Crippen LogP contribution in [0.2, 0.25) is 0 Å². The molecule has 172 valence electrons. The fourth-order valence-electron chi connectivity index (χ4n) is 4.18. The summed E-state index contributed by atoms with van der Waals surface area (Å²) in [5, 5.41) is 5.20. The molecule has 4 rings (SSSR count). The Morgan fingerprint density at radius 2 is 1.94 bits per heavy atom. The molecule has 1 saturated carbocycles. The third kappa shape index (κ3) is 5.19. The molecule has 7 heteroatoms.